The molecule has 2 aromatic rings. The van der Waals surface area contributed by atoms with E-state index in [0.717, 1.165) is 22.8 Å². The molecule has 1 unspecified atom stereocenters. The van der Waals surface area contributed by atoms with Crippen molar-refractivity contribution in [2.75, 3.05) is 23.9 Å². The molecule has 4 rings (SSSR count). The second-order valence-corrected chi connectivity index (χ2v) is 10.2. The fraction of sp³-hybridized carbons (Fsp3) is 0.412. The summed E-state index contributed by atoms with van der Waals surface area (Å²) >= 11 is 7.75. The van der Waals surface area contributed by atoms with E-state index in [9.17, 15) is 13.2 Å². The monoisotopic (exact) mass is 427 g/mol. The van der Waals surface area contributed by atoms with Gasteiger partial charge in [0.25, 0.3) is 5.91 Å². The number of thioether (sulfide) groups is 1. The lowest BCUT2D eigenvalue weighted by atomic mass is 10.1. The van der Waals surface area contributed by atoms with Gasteiger partial charge >= 0.3 is 0 Å². The Balaban J connectivity index is 1.70. The van der Waals surface area contributed by atoms with Gasteiger partial charge in [-0.05, 0) is 24.6 Å². The molecular formula is C17H18ClN3O4S2. The van der Waals surface area contributed by atoms with Crippen LogP contribution in [0, 0.1) is 0 Å². The summed E-state index contributed by atoms with van der Waals surface area (Å²) in [5.74, 6) is 2.30. The number of hydrogen-bond donors (Lipinski definition) is 1. The van der Waals surface area contributed by atoms with Crippen LogP contribution in [-0.4, -0.2) is 42.7 Å². The Kier molecular flexibility index (Phi) is 4.85. The standard InChI is InChI=1S/C17H18ClN3O4S2/c1-25-15-3-2-10(18)6-12(15)17(22)19-16-13-7-26-8-14(13)20-21(16)11-4-5-27(23,24)9-11/h2-3,6,11H,4-5,7-9H2,1H3,(H,19,22). The first-order chi connectivity index (χ1) is 12.9. The molecule has 0 aliphatic carbocycles. The molecule has 0 spiro atoms. The smallest absolute Gasteiger partial charge is 0.260 e. The number of aromatic nitrogens is 2. The minimum Gasteiger partial charge on any atom is -0.496 e. The van der Waals surface area contributed by atoms with Crippen LogP contribution in [0.4, 0.5) is 5.82 Å². The van der Waals surface area contributed by atoms with E-state index in [-0.39, 0.29) is 23.5 Å². The number of rotatable bonds is 4. The van der Waals surface area contributed by atoms with Gasteiger partial charge < -0.3 is 10.1 Å². The van der Waals surface area contributed by atoms with E-state index < -0.39 is 9.84 Å². The maximum atomic E-state index is 12.9. The summed E-state index contributed by atoms with van der Waals surface area (Å²) in [6.07, 6.45) is 0.499. The van der Waals surface area contributed by atoms with Crippen LogP contribution in [0.1, 0.15) is 34.1 Å². The van der Waals surface area contributed by atoms with Crippen molar-refractivity contribution < 1.29 is 17.9 Å². The van der Waals surface area contributed by atoms with E-state index in [1.807, 2.05) is 0 Å². The lowest BCUT2D eigenvalue weighted by Gasteiger charge is -2.16. The van der Waals surface area contributed by atoms with Gasteiger partial charge in [-0.15, -0.1) is 0 Å². The molecule has 1 N–H and O–H groups in total. The Morgan fingerprint density at radius 3 is 2.93 bits per heavy atom. The number of ether oxygens (including phenoxy) is 1. The molecule has 1 fully saturated rings. The highest BCUT2D eigenvalue weighted by atomic mass is 35.5. The number of halogens is 1. The zero-order valence-electron chi connectivity index (χ0n) is 14.6. The summed E-state index contributed by atoms with van der Waals surface area (Å²) in [5.41, 5.74) is 2.17. The van der Waals surface area contributed by atoms with Gasteiger partial charge in [-0.2, -0.15) is 16.9 Å². The van der Waals surface area contributed by atoms with E-state index in [4.69, 9.17) is 16.3 Å². The van der Waals surface area contributed by atoms with E-state index in [1.165, 1.54) is 7.11 Å². The molecule has 0 radical (unpaired) electrons. The van der Waals surface area contributed by atoms with Crippen molar-refractivity contribution in [3.63, 3.8) is 0 Å². The van der Waals surface area contributed by atoms with Gasteiger partial charge in [-0.25, -0.2) is 13.1 Å². The summed E-state index contributed by atoms with van der Waals surface area (Å²) in [4.78, 5) is 12.9. The molecule has 27 heavy (non-hydrogen) atoms. The van der Waals surface area contributed by atoms with Crippen molar-refractivity contribution >= 4 is 44.9 Å². The molecule has 1 amide bonds. The third-order valence-electron chi connectivity index (χ3n) is 4.77. The summed E-state index contributed by atoms with van der Waals surface area (Å²) < 4.78 is 30.8. The topological polar surface area (TPSA) is 90.3 Å². The maximum Gasteiger partial charge on any atom is 0.260 e. The molecule has 2 aliphatic heterocycles. The Bertz CT molecular complexity index is 1020. The number of benzene rings is 1. The van der Waals surface area contributed by atoms with E-state index >= 15 is 0 Å². The number of fused-ring (bicyclic) bond motifs is 1. The van der Waals surface area contributed by atoms with Gasteiger partial charge in [0, 0.05) is 22.1 Å². The van der Waals surface area contributed by atoms with Crippen LogP contribution in [0.2, 0.25) is 5.02 Å². The fourth-order valence-electron chi connectivity index (χ4n) is 3.43. The third-order valence-corrected chi connectivity index (χ3v) is 7.73. The Morgan fingerprint density at radius 2 is 2.22 bits per heavy atom. The van der Waals surface area contributed by atoms with Crippen molar-refractivity contribution in [1.82, 2.24) is 9.78 Å². The van der Waals surface area contributed by atoms with Crippen LogP contribution in [0.5, 0.6) is 5.75 Å². The molecule has 2 aliphatic rings. The van der Waals surface area contributed by atoms with Gasteiger partial charge in [-0.1, -0.05) is 11.6 Å². The molecule has 7 nitrogen and oxygen atoms in total. The molecule has 10 heteroatoms. The van der Waals surface area contributed by atoms with Crippen LogP contribution in [0.3, 0.4) is 0 Å². The fourth-order valence-corrected chi connectivity index (χ4v) is 6.33. The normalized spacial score (nSPS) is 20.4. The summed E-state index contributed by atoms with van der Waals surface area (Å²) in [7, 11) is -1.58. The third kappa shape index (κ3) is 3.55. The molecule has 144 valence electrons. The maximum absolute atomic E-state index is 12.9. The minimum absolute atomic E-state index is 0.0457. The van der Waals surface area contributed by atoms with Gasteiger partial charge in [0.2, 0.25) is 0 Å². The van der Waals surface area contributed by atoms with Gasteiger partial charge in [0.05, 0.1) is 35.9 Å². The second-order valence-electron chi connectivity index (χ2n) is 6.57. The van der Waals surface area contributed by atoms with E-state index in [2.05, 4.69) is 10.4 Å². The number of carbonyl (C=O) groups excluding carboxylic acids is 1. The highest BCUT2D eigenvalue weighted by Crippen LogP contribution is 2.38. The number of nitrogens with zero attached hydrogens (tertiary/aromatic N) is 2. The van der Waals surface area contributed by atoms with Crippen molar-refractivity contribution in [3.05, 3.63) is 40.0 Å². The second kappa shape index (κ2) is 7.03. The molecule has 3 heterocycles. The van der Waals surface area contributed by atoms with Gasteiger partial charge in [0.1, 0.15) is 11.6 Å². The zero-order chi connectivity index (χ0) is 19.2. The van der Waals surface area contributed by atoms with Crippen molar-refractivity contribution in [3.8, 4) is 5.75 Å². The van der Waals surface area contributed by atoms with Gasteiger partial charge in [0.15, 0.2) is 9.84 Å². The number of anilines is 1. The first-order valence-corrected chi connectivity index (χ1v) is 11.8. The van der Waals surface area contributed by atoms with Crippen LogP contribution in [0.15, 0.2) is 18.2 Å². The number of nitrogens with one attached hydrogen (secondary N) is 1. The van der Waals surface area contributed by atoms with E-state index in [1.54, 1.807) is 34.6 Å². The van der Waals surface area contributed by atoms with Crippen LogP contribution < -0.4 is 10.1 Å². The minimum atomic E-state index is -3.07. The van der Waals surface area contributed by atoms with Crippen molar-refractivity contribution in [2.24, 2.45) is 0 Å². The van der Waals surface area contributed by atoms with Crippen LogP contribution in [0.25, 0.3) is 0 Å². The number of methoxy groups -OCH3 is 1. The number of amides is 1. The highest BCUT2D eigenvalue weighted by molar-refractivity contribution is 7.98. The summed E-state index contributed by atoms with van der Waals surface area (Å²) in [6, 6.07) is 4.57. The summed E-state index contributed by atoms with van der Waals surface area (Å²) in [5, 5.41) is 7.96. The Morgan fingerprint density at radius 1 is 1.41 bits per heavy atom. The van der Waals surface area contributed by atoms with Gasteiger partial charge in [-0.3, -0.25) is 4.79 Å². The molecule has 0 saturated carbocycles. The zero-order valence-corrected chi connectivity index (χ0v) is 17.0. The Labute approximate surface area is 166 Å². The highest BCUT2D eigenvalue weighted by Gasteiger charge is 2.34. The molecule has 1 atom stereocenters. The lowest BCUT2D eigenvalue weighted by molar-refractivity contribution is 0.102. The van der Waals surface area contributed by atoms with Crippen LogP contribution in [-0.2, 0) is 21.3 Å². The molecule has 0 bridgehead atoms. The largest absolute Gasteiger partial charge is 0.496 e. The molecular weight excluding hydrogens is 410 g/mol. The van der Waals surface area contributed by atoms with E-state index in [0.29, 0.717) is 28.6 Å². The molecule has 1 saturated heterocycles. The summed E-state index contributed by atoms with van der Waals surface area (Å²) in [6.45, 7) is 0. The lowest BCUT2D eigenvalue weighted by Crippen LogP contribution is -2.21. The van der Waals surface area contributed by atoms with Crippen LogP contribution >= 0.6 is 23.4 Å². The van der Waals surface area contributed by atoms with Crippen molar-refractivity contribution in [1.29, 1.82) is 0 Å². The Hall–Kier alpha value is -1.71. The first kappa shape index (κ1) is 18.6. The first-order valence-electron chi connectivity index (χ1n) is 8.41. The average Bonchev–Trinajstić information content (AvgIpc) is 3.30. The molecule has 1 aromatic heterocycles. The number of sulfone groups is 1. The number of carbonyl (C=O) groups is 1. The van der Waals surface area contributed by atoms with Crippen molar-refractivity contribution in [2.45, 2.75) is 24.0 Å². The predicted octanol–water partition coefficient (Wildman–Crippen LogP) is 2.90. The number of hydrogen-bond acceptors (Lipinski definition) is 6. The SMILES string of the molecule is COc1ccc(Cl)cc1C(=O)Nc1c2c(nn1C1CCS(=O)(=O)C1)CSC2. The predicted molar refractivity (Wildman–Crippen MR) is 105 cm³/mol. The quantitative estimate of drug-likeness (QED) is 0.806. The molecule has 1 aromatic carbocycles. The average molecular weight is 428 g/mol.